The Balaban J connectivity index is 0.000000356. The van der Waals surface area contributed by atoms with E-state index in [2.05, 4.69) is 19.9 Å². The Bertz CT molecular complexity index is 693. The Morgan fingerprint density at radius 3 is 0.552 bits per heavy atom. The summed E-state index contributed by atoms with van der Waals surface area (Å²) >= 11 is 0. The smallest absolute Gasteiger partial charge is 0.0270 e. The second-order valence-electron chi connectivity index (χ2n) is 6.10. The normalized spacial score (nSPS) is 8.41. The topological polar surface area (TPSA) is 51.6 Å². The summed E-state index contributed by atoms with van der Waals surface area (Å²) in [7, 11) is 0. The van der Waals surface area contributed by atoms with Gasteiger partial charge in [-0.05, 0) is 98.5 Å². The molecule has 0 atom stereocenters. The van der Waals surface area contributed by atoms with Gasteiger partial charge in [-0.15, -0.1) is 0 Å². The van der Waals surface area contributed by atoms with Gasteiger partial charge in [0.1, 0.15) is 0 Å². The van der Waals surface area contributed by atoms with E-state index in [1.54, 1.807) is 49.6 Å². The molecule has 0 bridgehead atoms. The second-order valence-corrected chi connectivity index (χ2v) is 6.10. The van der Waals surface area contributed by atoms with Crippen molar-refractivity contribution in [1.29, 1.82) is 0 Å². The van der Waals surface area contributed by atoms with Crippen molar-refractivity contribution < 1.29 is 21.1 Å². The fourth-order valence-corrected chi connectivity index (χ4v) is 1.71. The monoisotopic (exact) mass is 567 g/mol. The third-order valence-electron chi connectivity index (χ3n) is 3.39. The molecule has 4 aromatic rings. The minimum Gasteiger partial charge on any atom is -0.265 e. The zero-order chi connectivity index (χ0) is 20.5. The van der Waals surface area contributed by atoms with E-state index in [9.17, 15) is 0 Å². The zero-order valence-corrected chi connectivity index (χ0v) is 19.6. The van der Waals surface area contributed by atoms with Crippen molar-refractivity contribution in [3.8, 4) is 0 Å². The molecule has 0 fully saturated rings. The molecule has 154 valence electrons. The molecule has 0 amide bonds. The minimum absolute atomic E-state index is 0. The maximum Gasteiger partial charge on any atom is 0.0270 e. The summed E-state index contributed by atoms with van der Waals surface area (Å²) < 4.78 is 0. The molecule has 0 radical (unpaired) electrons. The Morgan fingerprint density at radius 1 is 0.345 bits per heavy atom. The zero-order valence-electron chi connectivity index (χ0n) is 17.3. The van der Waals surface area contributed by atoms with Crippen LogP contribution in [0.1, 0.15) is 22.3 Å². The second kappa shape index (κ2) is 17.4. The van der Waals surface area contributed by atoms with E-state index < -0.39 is 0 Å². The van der Waals surface area contributed by atoms with Gasteiger partial charge in [-0.25, -0.2) is 0 Å². The van der Waals surface area contributed by atoms with Gasteiger partial charge in [-0.2, -0.15) is 0 Å². The first-order valence-corrected chi connectivity index (χ1v) is 9.04. The molecule has 29 heavy (non-hydrogen) atoms. The molecule has 4 nitrogen and oxygen atoms in total. The summed E-state index contributed by atoms with van der Waals surface area (Å²) in [6.45, 7) is 8.17. The number of aryl methyl sites for hydroxylation is 4. The number of nitrogens with zero attached hydrogens (tertiary/aromatic N) is 4. The minimum atomic E-state index is 0. The Morgan fingerprint density at radius 2 is 0.483 bits per heavy atom. The van der Waals surface area contributed by atoms with Crippen LogP contribution in [0, 0.1) is 27.7 Å². The average molecular weight is 568 g/mol. The van der Waals surface area contributed by atoms with Gasteiger partial charge in [0.05, 0.1) is 0 Å². The molecule has 4 aromatic heterocycles. The number of aromatic nitrogens is 4. The molecule has 5 heteroatoms. The molecular formula is C24H28N4Pt. The number of pyridine rings is 4. The fraction of sp³-hybridized carbons (Fsp3) is 0.167. The predicted octanol–water partition coefficient (Wildman–Crippen LogP) is 5.56. The van der Waals surface area contributed by atoms with E-state index in [4.69, 9.17) is 0 Å². The van der Waals surface area contributed by atoms with E-state index >= 15 is 0 Å². The summed E-state index contributed by atoms with van der Waals surface area (Å²) in [6.07, 6.45) is 14.3. The molecule has 0 N–H and O–H groups in total. The molecule has 0 unspecified atom stereocenters. The molecule has 4 heterocycles. The first-order chi connectivity index (χ1) is 13.6. The van der Waals surface area contributed by atoms with Crippen LogP contribution in [0.15, 0.2) is 98.1 Å². The number of rotatable bonds is 0. The van der Waals surface area contributed by atoms with Crippen LogP contribution >= 0.6 is 0 Å². The average Bonchev–Trinajstić information content (AvgIpc) is 2.72. The molecule has 0 aliphatic heterocycles. The SMILES string of the molecule is Cc1ccncc1.Cc1ccncc1.Cc1ccncc1.Cc1ccncc1.[Pt]. The maximum atomic E-state index is 3.85. The van der Waals surface area contributed by atoms with Crippen LogP contribution in [0.4, 0.5) is 0 Å². The summed E-state index contributed by atoms with van der Waals surface area (Å²) in [5.74, 6) is 0. The van der Waals surface area contributed by atoms with Gasteiger partial charge in [0, 0.05) is 70.6 Å². The molecule has 4 rings (SSSR count). The van der Waals surface area contributed by atoms with Gasteiger partial charge in [-0.1, -0.05) is 0 Å². The van der Waals surface area contributed by atoms with E-state index in [0.29, 0.717) is 0 Å². The molecule has 0 aliphatic carbocycles. The molecule has 0 saturated heterocycles. The van der Waals surface area contributed by atoms with Crippen molar-refractivity contribution in [2.45, 2.75) is 27.7 Å². The molecule has 0 aromatic carbocycles. The quantitative estimate of drug-likeness (QED) is 0.279. The van der Waals surface area contributed by atoms with E-state index in [1.165, 1.54) is 22.3 Å². The number of hydrogen-bond donors (Lipinski definition) is 0. The van der Waals surface area contributed by atoms with Gasteiger partial charge in [0.25, 0.3) is 0 Å². The summed E-state index contributed by atoms with van der Waals surface area (Å²) in [4.78, 5) is 15.4. The van der Waals surface area contributed by atoms with Crippen LogP contribution in [0.3, 0.4) is 0 Å². The van der Waals surface area contributed by atoms with Crippen LogP contribution in [-0.4, -0.2) is 19.9 Å². The third-order valence-corrected chi connectivity index (χ3v) is 3.39. The summed E-state index contributed by atoms with van der Waals surface area (Å²) in [5, 5.41) is 0. The van der Waals surface area contributed by atoms with E-state index in [0.717, 1.165) is 0 Å². The van der Waals surface area contributed by atoms with E-state index in [1.807, 2.05) is 76.2 Å². The van der Waals surface area contributed by atoms with Gasteiger partial charge < -0.3 is 0 Å². The third kappa shape index (κ3) is 16.0. The predicted molar refractivity (Wildman–Crippen MR) is 116 cm³/mol. The van der Waals surface area contributed by atoms with Crippen LogP contribution in [0.25, 0.3) is 0 Å². The van der Waals surface area contributed by atoms with Crippen molar-refractivity contribution in [2.24, 2.45) is 0 Å². The Kier molecular flexibility index (Phi) is 15.8. The molecule has 0 saturated carbocycles. The molecule has 0 spiro atoms. The Labute approximate surface area is 188 Å². The first kappa shape index (κ1) is 26.3. The number of hydrogen-bond acceptors (Lipinski definition) is 4. The van der Waals surface area contributed by atoms with Gasteiger partial charge in [0.15, 0.2) is 0 Å². The van der Waals surface area contributed by atoms with Gasteiger partial charge in [-0.3, -0.25) is 19.9 Å². The van der Waals surface area contributed by atoms with Crippen LogP contribution in [-0.2, 0) is 21.1 Å². The standard InChI is InChI=1S/4C6H7N.Pt/c4*1-6-2-4-7-5-3-6;/h4*2-5H,1H3;. The van der Waals surface area contributed by atoms with Crippen molar-refractivity contribution in [2.75, 3.05) is 0 Å². The van der Waals surface area contributed by atoms with Crippen molar-refractivity contribution in [3.05, 3.63) is 120 Å². The largest absolute Gasteiger partial charge is 0.265 e. The molecule has 0 aliphatic rings. The molecular weight excluding hydrogens is 539 g/mol. The van der Waals surface area contributed by atoms with Crippen LogP contribution in [0.5, 0.6) is 0 Å². The van der Waals surface area contributed by atoms with Gasteiger partial charge in [0.2, 0.25) is 0 Å². The Hall–Kier alpha value is -2.71. The van der Waals surface area contributed by atoms with Crippen LogP contribution in [0.2, 0.25) is 0 Å². The fourth-order valence-electron chi connectivity index (χ4n) is 1.71. The summed E-state index contributed by atoms with van der Waals surface area (Å²) in [6, 6.07) is 15.8. The van der Waals surface area contributed by atoms with Gasteiger partial charge >= 0.3 is 0 Å². The van der Waals surface area contributed by atoms with Crippen LogP contribution < -0.4 is 0 Å². The van der Waals surface area contributed by atoms with Crippen molar-refractivity contribution in [3.63, 3.8) is 0 Å². The van der Waals surface area contributed by atoms with E-state index in [-0.39, 0.29) is 21.1 Å². The van der Waals surface area contributed by atoms with Crippen molar-refractivity contribution in [1.82, 2.24) is 19.9 Å². The maximum absolute atomic E-state index is 3.85. The van der Waals surface area contributed by atoms with Crippen molar-refractivity contribution >= 4 is 0 Å². The summed E-state index contributed by atoms with van der Waals surface area (Å²) in [5.41, 5.74) is 5.04. The first-order valence-electron chi connectivity index (χ1n) is 9.04.